The minimum atomic E-state index is -0.587. The SMILES string of the molecule is CCOC(=O)C(N)Cc1ccc(S)cc1. The van der Waals surface area contributed by atoms with Crippen LogP contribution in [0.2, 0.25) is 0 Å². The molecule has 82 valence electrons. The molecular formula is C11H15NO2S. The zero-order valence-corrected chi connectivity index (χ0v) is 9.54. The quantitative estimate of drug-likeness (QED) is 0.601. The molecule has 0 spiro atoms. The fourth-order valence-electron chi connectivity index (χ4n) is 1.22. The van der Waals surface area contributed by atoms with Crippen LogP contribution in [0.4, 0.5) is 0 Å². The van der Waals surface area contributed by atoms with Crippen molar-refractivity contribution in [3.8, 4) is 0 Å². The Hall–Kier alpha value is -1.00. The molecule has 0 saturated heterocycles. The molecule has 1 unspecified atom stereocenters. The highest BCUT2D eigenvalue weighted by molar-refractivity contribution is 7.80. The van der Waals surface area contributed by atoms with Gasteiger partial charge in [0.15, 0.2) is 0 Å². The number of carbonyl (C=O) groups excluding carboxylic acids is 1. The van der Waals surface area contributed by atoms with Crippen molar-refractivity contribution >= 4 is 18.6 Å². The second-order valence-electron chi connectivity index (χ2n) is 3.23. The van der Waals surface area contributed by atoms with E-state index in [1.807, 2.05) is 24.3 Å². The van der Waals surface area contributed by atoms with Crippen LogP contribution >= 0.6 is 12.6 Å². The summed E-state index contributed by atoms with van der Waals surface area (Å²) >= 11 is 4.17. The average Bonchev–Trinajstić information content (AvgIpc) is 2.22. The second-order valence-corrected chi connectivity index (χ2v) is 3.75. The van der Waals surface area contributed by atoms with Gasteiger partial charge in [0.25, 0.3) is 0 Å². The molecule has 0 amide bonds. The molecule has 3 nitrogen and oxygen atoms in total. The van der Waals surface area contributed by atoms with E-state index in [0.29, 0.717) is 13.0 Å². The predicted molar refractivity (Wildman–Crippen MR) is 62.0 cm³/mol. The maximum Gasteiger partial charge on any atom is 0.323 e. The third-order valence-electron chi connectivity index (χ3n) is 1.98. The van der Waals surface area contributed by atoms with Crippen LogP contribution in [-0.4, -0.2) is 18.6 Å². The molecule has 0 bridgehead atoms. The van der Waals surface area contributed by atoms with Gasteiger partial charge in [-0.15, -0.1) is 12.6 Å². The summed E-state index contributed by atoms with van der Waals surface area (Å²) < 4.78 is 4.82. The Morgan fingerprint density at radius 1 is 1.47 bits per heavy atom. The number of carbonyl (C=O) groups is 1. The summed E-state index contributed by atoms with van der Waals surface area (Å²) in [6, 6.07) is 6.96. The highest BCUT2D eigenvalue weighted by Crippen LogP contribution is 2.09. The largest absolute Gasteiger partial charge is 0.465 e. The van der Waals surface area contributed by atoms with Gasteiger partial charge in [-0.1, -0.05) is 12.1 Å². The summed E-state index contributed by atoms with van der Waals surface area (Å²) in [5, 5.41) is 0. The van der Waals surface area contributed by atoms with E-state index in [1.165, 1.54) is 0 Å². The van der Waals surface area contributed by atoms with E-state index in [2.05, 4.69) is 12.6 Å². The van der Waals surface area contributed by atoms with Crippen molar-refractivity contribution < 1.29 is 9.53 Å². The molecule has 1 atom stereocenters. The van der Waals surface area contributed by atoms with Gasteiger partial charge in [-0.05, 0) is 31.0 Å². The maximum absolute atomic E-state index is 11.3. The first-order chi connectivity index (χ1) is 7.13. The van der Waals surface area contributed by atoms with E-state index in [1.54, 1.807) is 6.92 Å². The molecule has 0 heterocycles. The Bertz CT molecular complexity index is 324. The molecule has 0 saturated carbocycles. The van der Waals surface area contributed by atoms with E-state index in [-0.39, 0.29) is 5.97 Å². The van der Waals surface area contributed by atoms with Crippen LogP contribution in [0.25, 0.3) is 0 Å². The van der Waals surface area contributed by atoms with Gasteiger partial charge in [0.1, 0.15) is 6.04 Å². The van der Waals surface area contributed by atoms with Crippen molar-refractivity contribution in [2.45, 2.75) is 24.3 Å². The fourth-order valence-corrected chi connectivity index (χ4v) is 1.37. The average molecular weight is 225 g/mol. The number of rotatable bonds is 4. The Kier molecular flexibility index (Phi) is 4.65. The van der Waals surface area contributed by atoms with Crippen molar-refractivity contribution in [3.63, 3.8) is 0 Å². The number of esters is 1. The molecule has 1 aromatic carbocycles. The van der Waals surface area contributed by atoms with Crippen LogP contribution in [0.1, 0.15) is 12.5 Å². The summed E-state index contributed by atoms with van der Waals surface area (Å²) in [6.45, 7) is 2.13. The zero-order chi connectivity index (χ0) is 11.3. The van der Waals surface area contributed by atoms with Crippen molar-refractivity contribution in [1.82, 2.24) is 0 Å². The predicted octanol–water partition coefficient (Wildman–Crippen LogP) is 1.41. The number of hydrogen-bond donors (Lipinski definition) is 2. The normalized spacial score (nSPS) is 12.2. The third kappa shape index (κ3) is 3.93. The first-order valence-corrected chi connectivity index (χ1v) is 5.28. The fraction of sp³-hybridized carbons (Fsp3) is 0.364. The molecule has 0 radical (unpaired) electrons. The van der Waals surface area contributed by atoms with Gasteiger partial charge in [0, 0.05) is 4.90 Å². The third-order valence-corrected chi connectivity index (χ3v) is 2.28. The zero-order valence-electron chi connectivity index (χ0n) is 8.64. The lowest BCUT2D eigenvalue weighted by atomic mass is 10.1. The van der Waals surface area contributed by atoms with Gasteiger partial charge in [0.2, 0.25) is 0 Å². The molecule has 0 aliphatic heterocycles. The van der Waals surface area contributed by atoms with Crippen molar-refractivity contribution in [2.24, 2.45) is 5.73 Å². The van der Waals surface area contributed by atoms with E-state index in [4.69, 9.17) is 10.5 Å². The van der Waals surface area contributed by atoms with Gasteiger partial charge in [-0.25, -0.2) is 0 Å². The van der Waals surface area contributed by atoms with E-state index in [0.717, 1.165) is 10.5 Å². The summed E-state index contributed by atoms with van der Waals surface area (Å²) in [5.41, 5.74) is 6.69. The van der Waals surface area contributed by atoms with Crippen molar-refractivity contribution in [3.05, 3.63) is 29.8 Å². The summed E-state index contributed by atoms with van der Waals surface area (Å²) in [6.07, 6.45) is 0.493. The molecular weight excluding hydrogens is 210 g/mol. The number of hydrogen-bond acceptors (Lipinski definition) is 4. The van der Waals surface area contributed by atoms with E-state index in [9.17, 15) is 4.79 Å². The number of benzene rings is 1. The van der Waals surface area contributed by atoms with Crippen molar-refractivity contribution in [2.75, 3.05) is 6.61 Å². The van der Waals surface area contributed by atoms with E-state index < -0.39 is 6.04 Å². The minimum absolute atomic E-state index is 0.354. The van der Waals surface area contributed by atoms with Crippen LogP contribution < -0.4 is 5.73 Å². The lowest BCUT2D eigenvalue weighted by Crippen LogP contribution is -2.34. The molecule has 0 aliphatic carbocycles. The molecule has 0 aliphatic rings. The summed E-state index contributed by atoms with van der Waals surface area (Å²) in [7, 11) is 0. The smallest absolute Gasteiger partial charge is 0.323 e. The highest BCUT2D eigenvalue weighted by Gasteiger charge is 2.14. The van der Waals surface area contributed by atoms with Crippen LogP contribution in [0, 0.1) is 0 Å². The Labute approximate surface area is 95.0 Å². The number of nitrogens with two attached hydrogens (primary N) is 1. The van der Waals surface area contributed by atoms with Gasteiger partial charge in [-0.2, -0.15) is 0 Å². The van der Waals surface area contributed by atoms with E-state index >= 15 is 0 Å². The van der Waals surface area contributed by atoms with Gasteiger partial charge in [0.05, 0.1) is 6.61 Å². The Morgan fingerprint density at radius 3 is 2.60 bits per heavy atom. The standard InChI is InChI=1S/C11H15NO2S/c1-2-14-11(13)10(12)7-8-3-5-9(15)6-4-8/h3-6,10,15H,2,7,12H2,1H3. The number of ether oxygens (including phenoxy) is 1. The summed E-state index contributed by atoms with van der Waals surface area (Å²) in [5.74, 6) is -0.354. The minimum Gasteiger partial charge on any atom is -0.465 e. The first-order valence-electron chi connectivity index (χ1n) is 4.83. The highest BCUT2D eigenvalue weighted by atomic mass is 32.1. The van der Waals surface area contributed by atoms with Crippen molar-refractivity contribution in [1.29, 1.82) is 0 Å². The molecule has 4 heteroatoms. The lowest BCUT2D eigenvalue weighted by molar-refractivity contribution is -0.144. The maximum atomic E-state index is 11.3. The Morgan fingerprint density at radius 2 is 2.07 bits per heavy atom. The molecule has 1 aromatic rings. The molecule has 1 rings (SSSR count). The van der Waals surface area contributed by atoms with Gasteiger partial charge < -0.3 is 10.5 Å². The number of thiol groups is 1. The van der Waals surface area contributed by atoms with Gasteiger partial charge >= 0.3 is 5.97 Å². The molecule has 15 heavy (non-hydrogen) atoms. The van der Waals surface area contributed by atoms with Crippen LogP contribution in [0.3, 0.4) is 0 Å². The lowest BCUT2D eigenvalue weighted by Gasteiger charge is -2.10. The van der Waals surface area contributed by atoms with Crippen LogP contribution in [-0.2, 0) is 16.0 Å². The van der Waals surface area contributed by atoms with Gasteiger partial charge in [-0.3, -0.25) is 4.79 Å². The topological polar surface area (TPSA) is 52.3 Å². The monoisotopic (exact) mass is 225 g/mol. The molecule has 0 fully saturated rings. The first kappa shape index (κ1) is 12.1. The molecule has 0 aromatic heterocycles. The molecule has 2 N–H and O–H groups in total. The van der Waals surface area contributed by atoms with Crippen LogP contribution in [0.5, 0.6) is 0 Å². The summed E-state index contributed by atoms with van der Waals surface area (Å²) in [4.78, 5) is 12.1. The van der Waals surface area contributed by atoms with Crippen LogP contribution in [0.15, 0.2) is 29.2 Å². The second kappa shape index (κ2) is 5.78. The Balaban J connectivity index is 2.54.